The molecule has 0 aliphatic carbocycles. The minimum absolute atomic E-state index is 0.109. The lowest BCUT2D eigenvalue weighted by atomic mass is 10.00. The number of para-hydroxylation sites is 1. The number of nitrogens with one attached hydrogen (secondary N) is 1. The number of nitriles is 1. The number of aryl methyl sites for hydroxylation is 1. The fourth-order valence-electron chi connectivity index (χ4n) is 4.52. The highest BCUT2D eigenvalue weighted by Gasteiger charge is 2.26. The van der Waals surface area contributed by atoms with Crippen molar-refractivity contribution in [2.45, 2.75) is 38.1 Å². The molecule has 0 bridgehead atoms. The Bertz CT molecular complexity index is 1090. The van der Waals surface area contributed by atoms with Gasteiger partial charge in [0.05, 0.1) is 19.6 Å². The second-order valence-electron chi connectivity index (χ2n) is 8.09. The van der Waals surface area contributed by atoms with E-state index in [2.05, 4.69) is 23.2 Å². The van der Waals surface area contributed by atoms with Crippen molar-refractivity contribution < 1.29 is 14.3 Å². The first-order valence-electron chi connectivity index (χ1n) is 11.2. The van der Waals surface area contributed by atoms with Crippen LogP contribution in [0.25, 0.3) is 22.2 Å². The summed E-state index contributed by atoms with van der Waals surface area (Å²) in [7, 11) is 1.66. The summed E-state index contributed by atoms with van der Waals surface area (Å²) in [6.45, 7) is 1.83. The number of hydrogen-bond acceptors (Lipinski definition) is 4. The van der Waals surface area contributed by atoms with Crippen LogP contribution in [0.2, 0.25) is 0 Å². The van der Waals surface area contributed by atoms with Crippen LogP contribution in [-0.4, -0.2) is 48.7 Å². The SMILES string of the molecule is COc1ccc(-c2[nH]c3ccccc3c2CCC(=O)N(CCC#N)C2CCOCC2)cc1. The minimum atomic E-state index is 0.109. The standard InChI is InChI=1S/C26H29N3O3/c1-31-21-9-7-19(8-10-21)26-23(22-5-2-3-6-24(22)28-26)11-12-25(30)29(16-4-15-27)20-13-17-32-18-14-20/h2-3,5-10,20,28H,4,11-14,16-18H2,1H3. The Morgan fingerprint density at radius 3 is 2.66 bits per heavy atom. The van der Waals surface area contributed by atoms with E-state index in [-0.39, 0.29) is 11.9 Å². The molecular weight excluding hydrogens is 402 g/mol. The quantitative estimate of drug-likeness (QED) is 0.561. The van der Waals surface area contributed by atoms with Gasteiger partial charge in [0.2, 0.25) is 5.91 Å². The molecule has 1 amide bonds. The Balaban J connectivity index is 1.58. The fourth-order valence-corrected chi connectivity index (χ4v) is 4.52. The zero-order valence-electron chi connectivity index (χ0n) is 18.5. The smallest absolute Gasteiger partial charge is 0.223 e. The topological polar surface area (TPSA) is 78.4 Å². The lowest BCUT2D eigenvalue weighted by molar-refractivity contribution is -0.135. The third-order valence-electron chi connectivity index (χ3n) is 6.20. The summed E-state index contributed by atoms with van der Waals surface area (Å²) in [5.74, 6) is 0.921. The summed E-state index contributed by atoms with van der Waals surface area (Å²) in [5.41, 5.74) is 4.31. The second kappa shape index (κ2) is 10.3. The normalized spacial score (nSPS) is 14.2. The summed E-state index contributed by atoms with van der Waals surface area (Å²) in [4.78, 5) is 18.7. The molecule has 2 heterocycles. The van der Waals surface area contributed by atoms with Crippen molar-refractivity contribution in [1.82, 2.24) is 9.88 Å². The van der Waals surface area contributed by atoms with E-state index in [1.165, 1.54) is 0 Å². The number of methoxy groups -OCH3 is 1. The van der Waals surface area contributed by atoms with Crippen molar-refractivity contribution in [3.8, 4) is 23.1 Å². The van der Waals surface area contributed by atoms with E-state index < -0.39 is 0 Å². The summed E-state index contributed by atoms with van der Waals surface area (Å²) in [5, 5.41) is 10.2. The van der Waals surface area contributed by atoms with E-state index in [1.54, 1.807) is 7.11 Å². The Labute approximate surface area is 188 Å². The highest BCUT2D eigenvalue weighted by atomic mass is 16.5. The maximum absolute atomic E-state index is 13.3. The van der Waals surface area contributed by atoms with Crippen LogP contribution in [0, 0.1) is 11.3 Å². The number of aromatic amines is 1. The van der Waals surface area contributed by atoms with Crippen molar-refractivity contribution in [3.05, 3.63) is 54.1 Å². The van der Waals surface area contributed by atoms with Gasteiger partial charge in [-0.15, -0.1) is 0 Å². The Morgan fingerprint density at radius 2 is 1.94 bits per heavy atom. The maximum atomic E-state index is 13.3. The van der Waals surface area contributed by atoms with Crippen LogP contribution in [0.15, 0.2) is 48.5 Å². The van der Waals surface area contributed by atoms with Crippen LogP contribution in [0.3, 0.4) is 0 Å². The van der Waals surface area contributed by atoms with Crippen LogP contribution in [0.1, 0.15) is 31.2 Å². The first-order valence-corrected chi connectivity index (χ1v) is 11.2. The number of H-pyrrole nitrogens is 1. The first-order chi connectivity index (χ1) is 15.7. The van der Waals surface area contributed by atoms with E-state index in [1.807, 2.05) is 41.3 Å². The summed E-state index contributed by atoms with van der Waals surface area (Å²) in [6, 6.07) is 18.5. The molecule has 1 N–H and O–H groups in total. The molecule has 1 aromatic heterocycles. The number of hydrogen-bond donors (Lipinski definition) is 1. The average molecular weight is 432 g/mol. The second-order valence-corrected chi connectivity index (χ2v) is 8.09. The van der Waals surface area contributed by atoms with Crippen LogP contribution in [0.4, 0.5) is 0 Å². The molecule has 1 saturated heterocycles. The molecule has 1 fully saturated rings. The molecule has 6 nitrogen and oxygen atoms in total. The minimum Gasteiger partial charge on any atom is -0.497 e. The average Bonchev–Trinajstić information content (AvgIpc) is 3.22. The van der Waals surface area contributed by atoms with Gasteiger partial charge in [-0.05, 0) is 60.7 Å². The third-order valence-corrected chi connectivity index (χ3v) is 6.20. The van der Waals surface area contributed by atoms with E-state index >= 15 is 0 Å². The number of amides is 1. The van der Waals surface area contributed by atoms with Gasteiger partial charge in [0.15, 0.2) is 0 Å². The number of nitrogens with zero attached hydrogens (tertiary/aromatic N) is 2. The van der Waals surface area contributed by atoms with E-state index in [4.69, 9.17) is 14.7 Å². The number of ether oxygens (including phenoxy) is 2. The zero-order chi connectivity index (χ0) is 22.3. The number of fused-ring (bicyclic) bond motifs is 1. The van der Waals surface area contributed by atoms with Gasteiger partial charge in [-0.1, -0.05) is 18.2 Å². The zero-order valence-corrected chi connectivity index (χ0v) is 18.5. The largest absolute Gasteiger partial charge is 0.497 e. The molecular formula is C26H29N3O3. The van der Waals surface area contributed by atoms with E-state index in [9.17, 15) is 4.79 Å². The van der Waals surface area contributed by atoms with Gasteiger partial charge in [-0.3, -0.25) is 4.79 Å². The number of aromatic nitrogens is 1. The Hall–Kier alpha value is -3.30. The van der Waals surface area contributed by atoms with Crippen molar-refractivity contribution in [1.29, 1.82) is 5.26 Å². The van der Waals surface area contributed by atoms with Crippen molar-refractivity contribution in [3.63, 3.8) is 0 Å². The van der Waals surface area contributed by atoms with Crippen LogP contribution < -0.4 is 4.74 Å². The van der Waals surface area contributed by atoms with Gasteiger partial charge in [0.1, 0.15) is 5.75 Å². The molecule has 0 saturated carbocycles. The summed E-state index contributed by atoms with van der Waals surface area (Å²) < 4.78 is 10.8. The molecule has 0 unspecified atom stereocenters. The lowest BCUT2D eigenvalue weighted by Crippen LogP contribution is -2.44. The Morgan fingerprint density at radius 1 is 1.19 bits per heavy atom. The molecule has 0 spiro atoms. The number of rotatable bonds is 8. The molecule has 32 heavy (non-hydrogen) atoms. The van der Waals surface area contributed by atoms with Crippen LogP contribution >= 0.6 is 0 Å². The molecule has 6 heteroatoms. The van der Waals surface area contributed by atoms with Crippen LogP contribution in [-0.2, 0) is 16.0 Å². The van der Waals surface area contributed by atoms with Gasteiger partial charge in [-0.25, -0.2) is 0 Å². The van der Waals surface area contributed by atoms with Gasteiger partial charge in [0, 0.05) is 48.8 Å². The maximum Gasteiger partial charge on any atom is 0.223 e. The number of benzene rings is 2. The van der Waals surface area contributed by atoms with Gasteiger partial charge >= 0.3 is 0 Å². The predicted molar refractivity (Wildman–Crippen MR) is 124 cm³/mol. The van der Waals surface area contributed by atoms with Gasteiger partial charge < -0.3 is 19.4 Å². The van der Waals surface area contributed by atoms with Crippen LogP contribution in [0.5, 0.6) is 5.75 Å². The predicted octanol–water partition coefficient (Wildman–Crippen LogP) is 4.70. The van der Waals surface area contributed by atoms with E-state index in [0.29, 0.717) is 39.0 Å². The molecule has 1 aliphatic rings. The molecule has 2 aromatic carbocycles. The van der Waals surface area contributed by atoms with Gasteiger partial charge in [0.25, 0.3) is 0 Å². The fraction of sp³-hybridized carbons (Fsp3) is 0.385. The molecule has 3 aromatic rings. The number of carbonyl (C=O) groups excluding carboxylic acids is 1. The summed E-state index contributed by atoms with van der Waals surface area (Å²) in [6.07, 6.45) is 3.07. The monoisotopic (exact) mass is 431 g/mol. The Kier molecular flexibility index (Phi) is 7.08. The van der Waals surface area contributed by atoms with Crippen molar-refractivity contribution in [2.24, 2.45) is 0 Å². The molecule has 4 rings (SSSR count). The molecule has 0 radical (unpaired) electrons. The highest BCUT2D eigenvalue weighted by molar-refractivity contribution is 5.91. The van der Waals surface area contributed by atoms with Crippen molar-refractivity contribution >= 4 is 16.8 Å². The molecule has 1 aliphatic heterocycles. The van der Waals surface area contributed by atoms with E-state index in [0.717, 1.165) is 46.3 Å². The molecule has 0 atom stereocenters. The number of carbonyl (C=O) groups is 1. The lowest BCUT2D eigenvalue weighted by Gasteiger charge is -2.34. The van der Waals surface area contributed by atoms with Gasteiger partial charge in [-0.2, -0.15) is 5.26 Å². The third kappa shape index (κ3) is 4.79. The summed E-state index contributed by atoms with van der Waals surface area (Å²) >= 11 is 0. The molecule has 166 valence electrons. The van der Waals surface area contributed by atoms with Crippen molar-refractivity contribution in [2.75, 3.05) is 26.9 Å². The highest BCUT2D eigenvalue weighted by Crippen LogP contribution is 2.32. The first kappa shape index (κ1) is 21.9.